The molecule has 0 aromatic heterocycles. The third-order valence-electron chi connectivity index (χ3n) is 1.28. The van der Waals surface area contributed by atoms with Gasteiger partial charge in [0.1, 0.15) is 0 Å². The summed E-state index contributed by atoms with van der Waals surface area (Å²) in [4.78, 5) is 10.9. The molecule has 3 N–H and O–H groups in total. The Bertz CT molecular complexity index is 132. The predicted octanol–water partition coefficient (Wildman–Crippen LogP) is -0.791. The Labute approximate surface area is 76.4 Å². The zero-order valence-electron chi connectivity index (χ0n) is 7.12. The van der Waals surface area contributed by atoms with E-state index in [-0.39, 0.29) is 19.1 Å². The molecule has 0 saturated heterocycles. The molecule has 1 atom stereocenters. The molecule has 72 valence electrons. The quantitative estimate of drug-likeness (QED) is 0.517. The Morgan fingerprint density at radius 3 is 2.83 bits per heavy atom. The fourth-order valence-electron chi connectivity index (χ4n) is 0.579. The normalized spacial score (nSPS) is 12.6. The molecule has 0 fully saturated rings. The van der Waals surface area contributed by atoms with Crippen LogP contribution >= 0.6 is 11.8 Å². The Kier molecular flexibility index (Phi) is 7.23. The maximum Gasteiger partial charge on any atom is 0.220 e. The Morgan fingerprint density at radius 1 is 1.67 bits per heavy atom. The number of aliphatic hydroxyl groups excluding tert-OH is 2. The third kappa shape index (κ3) is 6.45. The second-order valence-corrected chi connectivity index (χ2v) is 3.37. The van der Waals surface area contributed by atoms with Crippen LogP contribution < -0.4 is 5.32 Å². The summed E-state index contributed by atoms with van der Waals surface area (Å²) in [7, 11) is 0. The van der Waals surface area contributed by atoms with Gasteiger partial charge in [0.15, 0.2) is 0 Å². The fraction of sp³-hybridized carbons (Fsp3) is 0.857. The molecule has 0 aliphatic heterocycles. The third-order valence-corrected chi connectivity index (χ3v) is 1.89. The highest BCUT2D eigenvalue weighted by atomic mass is 32.2. The second kappa shape index (κ2) is 7.39. The minimum atomic E-state index is -0.844. The topological polar surface area (TPSA) is 69.6 Å². The molecule has 0 aromatic carbocycles. The van der Waals surface area contributed by atoms with E-state index in [4.69, 9.17) is 10.2 Å². The van der Waals surface area contributed by atoms with Crippen molar-refractivity contribution in [1.29, 1.82) is 0 Å². The molecule has 1 amide bonds. The molecule has 0 spiro atoms. The van der Waals surface area contributed by atoms with E-state index in [9.17, 15) is 4.79 Å². The summed E-state index contributed by atoms with van der Waals surface area (Å²) in [6.07, 6.45) is 1.54. The number of carbonyl (C=O) groups is 1. The Hall–Kier alpha value is -0.260. The lowest BCUT2D eigenvalue weighted by Gasteiger charge is -2.08. The van der Waals surface area contributed by atoms with Crippen molar-refractivity contribution >= 4 is 17.7 Å². The number of nitrogens with one attached hydrogen (secondary N) is 1. The van der Waals surface area contributed by atoms with E-state index in [0.717, 1.165) is 5.75 Å². The van der Waals surface area contributed by atoms with Gasteiger partial charge >= 0.3 is 0 Å². The van der Waals surface area contributed by atoms with Gasteiger partial charge in [0, 0.05) is 18.7 Å². The van der Waals surface area contributed by atoms with Crippen LogP contribution in [0.15, 0.2) is 0 Å². The number of amides is 1. The van der Waals surface area contributed by atoms with Gasteiger partial charge in [0.05, 0.1) is 12.7 Å². The number of hydrogen-bond donors (Lipinski definition) is 3. The van der Waals surface area contributed by atoms with Crippen molar-refractivity contribution < 1.29 is 15.0 Å². The van der Waals surface area contributed by atoms with Crippen LogP contribution in [0.3, 0.4) is 0 Å². The molecule has 0 heterocycles. The van der Waals surface area contributed by atoms with Crippen LogP contribution in [0.1, 0.15) is 6.42 Å². The highest BCUT2D eigenvalue weighted by Crippen LogP contribution is 1.94. The van der Waals surface area contributed by atoms with Gasteiger partial charge in [-0.2, -0.15) is 11.8 Å². The van der Waals surface area contributed by atoms with Crippen LogP contribution in [0.25, 0.3) is 0 Å². The van der Waals surface area contributed by atoms with Gasteiger partial charge in [-0.05, 0) is 6.26 Å². The standard InChI is InChI=1S/C7H15NO3S/c1-12-3-2-7(11)8-4-6(10)5-9/h6,9-10H,2-5H2,1H3,(H,8,11). The SMILES string of the molecule is CSCCC(=O)NCC(O)CO. The predicted molar refractivity (Wildman–Crippen MR) is 49.1 cm³/mol. The average molecular weight is 193 g/mol. The van der Waals surface area contributed by atoms with Gasteiger partial charge < -0.3 is 15.5 Å². The molecule has 0 aliphatic rings. The first-order valence-corrected chi connectivity index (χ1v) is 5.14. The molecule has 0 aliphatic carbocycles. The van der Waals surface area contributed by atoms with Crippen LogP contribution in [-0.4, -0.2) is 47.4 Å². The summed E-state index contributed by atoms with van der Waals surface area (Å²) in [6, 6.07) is 0. The number of thioether (sulfide) groups is 1. The Balaban J connectivity index is 3.31. The first-order valence-electron chi connectivity index (χ1n) is 3.75. The molecule has 12 heavy (non-hydrogen) atoms. The van der Waals surface area contributed by atoms with Crippen LogP contribution in [0.5, 0.6) is 0 Å². The van der Waals surface area contributed by atoms with E-state index < -0.39 is 6.10 Å². The summed E-state index contributed by atoms with van der Waals surface area (Å²) in [5.41, 5.74) is 0. The average Bonchev–Trinajstić information content (AvgIpc) is 2.10. The van der Waals surface area contributed by atoms with E-state index in [1.54, 1.807) is 11.8 Å². The van der Waals surface area contributed by atoms with E-state index >= 15 is 0 Å². The molecule has 4 nitrogen and oxygen atoms in total. The summed E-state index contributed by atoms with van der Waals surface area (Å²) in [5, 5.41) is 19.8. The van der Waals surface area contributed by atoms with Gasteiger partial charge in [0.25, 0.3) is 0 Å². The zero-order chi connectivity index (χ0) is 9.40. The van der Waals surface area contributed by atoms with Crippen molar-refractivity contribution in [3.63, 3.8) is 0 Å². The first-order chi connectivity index (χ1) is 5.70. The van der Waals surface area contributed by atoms with Gasteiger partial charge in [-0.15, -0.1) is 0 Å². The van der Waals surface area contributed by atoms with Crippen molar-refractivity contribution in [3.05, 3.63) is 0 Å². The van der Waals surface area contributed by atoms with E-state index in [0.29, 0.717) is 6.42 Å². The van der Waals surface area contributed by atoms with Crippen LogP contribution in [0.4, 0.5) is 0 Å². The number of rotatable bonds is 6. The van der Waals surface area contributed by atoms with Crippen LogP contribution in [-0.2, 0) is 4.79 Å². The largest absolute Gasteiger partial charge is 0.394 e. The lowest BCUT2D eigenvalue weighted by molar-refractivity contribution is -0.121. The lowest BCUT2D eigenvalue weighted by Crippen LogP contribution is -2.33. The van der Waals surface area contributed by atoms with Gasteiger partial charge in [-0.25, -0.2) is 0 Å². The van der Waals surface area contributed by atoms with Crippen LogP contribution in [0, 0.1) is 0 Å². The second-order valence-electron chi connectivity index (χ2n) is 2.38. The molecule has 0 radical (unpaired) electrons. The Morgan fingerprint density at radius 2 is 2.33 bits per heavy atom. The number of aliphatic hydroxyl groups is 2. The van der Waals surface area contributed by atoms with Gasteiger partial charge in [-0.1, -0.05) is 0 Å². The highest BCUT2D eigenvalue weighted by molar-refractivity contribution is 7.98. The zero-order valence-corrected chi connectivity index (χ0v) is 7.93. The minimum Gasteiger partial charge on any atom is -0.394 e. The molecule has 0 bridgehead atoms. The lowest BCUT2D eigenvalue weighted by atomic mass is 10.3. The van der Waals surface area contributed by atoms with E-state index in [1.165, 1.54) is 0 Å². The van der Waals surface area contributed by atoms with Gasteiger partial charge in [-0.3, -0.25) is 4.79 Å². The van der Waals surface area contributed by atoms with Crippen LogP contribution in [0.2, 0.25) is 0 Å². The molecule has 0 rings (SSSR count). The molecule has 0 aromatic rings. The molecular formula is C7H15NO3S. The maximum absolute atomic E-state index is 10.9. The summed E-state index contributed by atoms with van der Waals surface area (Å²) >= 11 is 1.60. The van der Waals surface area contributed by atoms with Crippen molar-refractivity contribution in [1.82, 2.24) is 5.32 Å². The van der Waals surface area contributed by atoms with Crippen molar-refractivity contribution in [2.75, 3.05) is 25.2 Å². The molecule has 1 unspecified atom stereocenters. The summed E-state index contributed by atoms with van der Waals surface area (Å²) in [6.45, 7) is -0.188. The van der Waals surface area contributed by atoms with Gasteiger partial charge in [0.2, 0.25) is 5.91 Å². The molecule has 5 heteroatoms. The van der Waals surface area contributed by atoms with Crippen molar-refractivity contribution in [3.8, 4) is 0 Å². The maximum atomic E-state index is 10.9. The highest BCUT2D eigenvalue weighted by Gasteiger charge is 2.04. The summed E-state index contributed by atoms with van der Waals surface area (Å²) in [5.74, 6) is 0.693. The monoisotopic (exact) mass is 193 g/mol. The van der Waals surface area contributed by atoms with Crippen molar-refractivity contribution in [2.45, 2.75) is 12.5 Å². The van der Waals surface area contributed by atoms with E-state index in [2.05, 4.69) is 5.32 Å². The molecule has 0 saturated carbocycles. The number of carbonyl (C=O) groups excluding carboxylic acids is 1. The minimum absolute atomic E-state index is 0.0862. The smallest absolute Gasteiger partial charge is 0.220 e. The summed E-state index contributed by atoms with van der Waals surface area (Å²) < 4.78 is 0. The fourth-order valence-corrected chi connectivity index (χ4v) is 0.969. The molecular weight excluding hydrogens is 178 g/mol. The first kappa shape index (κ1) is 11.7. The van der Waals surface area contributed by atoms with Crippen molar-refractivity contribution in [2.24, 2.45) is 0 Å². The number of hydrogen-bond acceptors (Lipinski definition) is 4. The van der Waals surface area contributed by atoms with E-state index in [1.807, 2.05) is 6.26 Å².